The molecule has 0 amide bonds. The van der Waals surface area contributed by atoms with E-state index in [9.17, 15) is 0 Å². The summed E-state index contributed by atoms with van der Waals surface area (Å²) in [6.07, 6.45) is 4.45. The van der Waals surface area contributed by atoms with Crippen LogP contribution in [0, 0.1) is 0 Å². The van der Waals surface area contributed by atoms with Crippen LogP contribution in [0.3, 0.4) is 0 Å². The molecule has 0 aliphatic rings. The molecule has 9 heteroatoms. The maximum absolute atomic E-state index is 6.26. The first-order valence-corrected chi connectivity index (χ1v) is 8.73. The second-order valence-electron chi connectivity index (χ2n) is 6.08. The number of aromatic amines is 2. The third-order valence-corrected chi connectivity index (χ3v) is 4.67. The Morgan fingerprint density at radius 3 is 3.08 bits per heavy atom. The number of halogens is 1. The second kappa shape index (κ2) is 6.80. The van der Waals surface area contributed by atoms with E-state index in [1.807, 2.05) is 18.2 Å². The number of aromatic nitrogens is 5. The third-order valence-electron chi connectivity index (χ3n) is 4.36. The minimum Gasteiger partial charge on any atom is -0.497 e. The molecule has 0 aliphatic carbocycles. The Labute approximate surface area is 155 Å². The highest BCUT2D eigenvalue weighted by Crippen LogP contribution is 2.34. The van der Waals surface area contributed by atoms with Crippen LogP contribution in [0.5, 0.6) is 5.75 Å². The zero-order valence-electron chi connectivity index (χ0n) is 14.6. The van der Waals surface area contributed by atoms with Crippen molar-refractivity contribution in [3.05, 3.63) is 35.6 Å². The largest absolute Gasteiger partial charge is 0.497 e. The molecule has 0 unspecified atom stereocenters. The molecule has 0 bridgehead atoms. The number of H-pyrrole nitrogens is 2. The van der Waals surface area contributed by atoms with Gasteiger partial charge in [-0.1, -0.05) is 11.6 Å². The number of ether oxygens (including phenoxy) is 1. The molecule has 0 fully saturated rings. The summed E-state index contributed by atoms with van der Waals surface area (Å²) in [7, 11) is 3.72. The van der Waals surface area contributed by atoms with Gasteiger partial charge >= 0.3 is 0 Å². The van der Waals surface area contributed by atoms with Crippen molar-refractivity contribution < 1.29 is 4.74 Å². The lowest BCUT2D eigenvalue weighted by Gasteiger charge is -2.21. The van der Waals surface area contributed by atoms with Crippen LogP contribution in [0.2, 0.25) is 5.02 Å². The van der Waals surface area contributed by atoms with Crippen molar-refractivity contribution in [1.29, 1.82) is 0 Å². The van der Waals surface area contributed by atoms with Crippen molar-refractivity contribution in [2.45, 2.75) is 6.42 Å². The molecule has 3 aromatic heterocycles. The van der Waals surface area contributed by atoms with Crippen molar-refractivity contribution >= 4 is 39.8 Å². The van der Waals surface area contributed by atoms with Crippen molar-refractivity contribution in [3.63, 3.8) is 0 Å². The smallest absolute Gasteiger partial charge is 0.218 e. The van der Waals surface area contributed by atoms with Gasteiger partial charge in [-0.15, -0.1) is 0 Å². The van der Waals surface area contributed by atoms with Gasteiger partial charge in [0.2, 0.25) is 5.95 Å². The molecule has 3 heterocycles. The molecule has 0 saturated carbocycles. The monoisotopic (exact) mass is 373 g/mol. The summed E-state index contributed by atoms with van der Waals surface area (Å²) in [4.78, 5) is 9.83. The van der Waals surface area contributed by atoms with E-state index in [4.69, 9.17) is 16.3 Å². The van der Waals surface area contributed by atoms with E-state index >= 15 is 0 Å². The number of anilines is 2. The van der Waals surface area contributed by atoms with E-state index in [0.29, 0.717) is 5.02 Å². The van der Waals surface area contributed by atoms with Gasteiger partial charge in [0.15, 0.2) is 5.65 Å². The average molecular weight is 374 g/mol. The lowest BCUT2D eigenvalue weighted by Crippen LogP contribution is -2.21. The first-order chi connectivity index (χ1) is 12.7. The SMILES string of the molecule is COc1cc(N(C)CCCNc2nc3ccnn3[nH]2)c2[nH]cc(Cl)c2c1. The van der Waals surface area contributed by atoms with Gasteiger partial charge in [0, 0.05) is 43.9 Å². The molecule has 0 radical (unpaired) electrons. The molecule has 1 aromatic carbocycles. The van der Waals surface area contributed by atoms with E-state index in [1.54, 1.807) is 24.1 Å². The number of hydrogen-bond donors (Lipinski definition) is 3. The Morgan fingerprint density at radius 2 is 2.27 bits per heavy atom. The summed E-state index contributed by atoms with van der Waals surface area (Å²) in [5.74, 6) is 1.51. The normalized spacial score (nSPS) is 11.3. The molecule has 4 aromatic rings. The number of rotatable bonds is 7. The van der Waals surface area contributed by atoms with Crippen LogP contribution in [-0.4, -0.2) is 52.0 Å². The molecule has 0 spiro atoms. The fourth-order valence-electron chi connectivity index (χ4n) is 3.00. The predicted molar refractivity (Wildman–Crippen MR) is 104 cm³/mol. The molecule has 0 atom stereocenters. The predicted octanol–water partition coefficient (Wildman–Crippen LogP) is 3.14. The van der Waals surface area contributed by atoms with Crippen molar-refractivity contribution in [2.24, 2.45) is 0 Å². The molecule has 8 nitrogen and oxygen atoms in total. The molecule has 3 N–H and O–H groups in total. The topological polar surface area (TPSA) is 86.3 Å². The first kappa shape index (κ1) is 16.6. The van der Waals surface area contributed by atoms with Gasteiger partial charge in [-0.2, -0.15) is 14.7 Å². The number of hydrogen-bond acceptors (Lipinski definition) is 5. The number of nitrogens with zero attached hydrogens (tertiary/aromatic N) is 4. The lowest BCUT2D eigenvalue weighted by molar-refractivity contribution is 0.415. The van der Waals surface area contributed by atoms with E-state index in [2.05, 4.69) is 37.4 Å². The highest BCUT2D eigenvalue weighted by atomic mass is 35.5. The highest BCUT2D eigenvalue weighted by molar-refractivity contribution is 6.36. The molecule has 0 saturated heterocycles. The van der Waals surface area contributed by atoms with Crippen LogP contribution < -0.4 is 15.0 Å². The van der Waals surface area contributed by atoms with Crippen molar-refractivity contribution in [2.75, 3.05) is 37.5 Å². The van der Waals surface area contributed by atoms with Gasteiger partial charge in [-0.3, -0.25) is 0 Å². The average Bonchev–Trinajstić information content (AvgIpc) is 3.33. The second-order valence-corrected chi connectivity index (χ2v) is 6.49. The zero-order valence-corrected chi connectivity index (χ0v) is 15.3. The summed E-state index contributed by atoms with van der Waals surface area (Å²) >= 11 is 6.26. The fourth-order valence-corrected chi connectivity index (χ4v) is 3.21. The van der Waals surface area contributed by atoms with Gasteiger partial charge in [0.25, 0.3) is 0 Å². The first-order valence-electron chi connectivity index (χ1n) is 8.35. The van der Waals surface area contributed by atoms with Crippen LogP contribution >= 0.6 is 11.6 Å². The van der Waals surface area contributed by atoms with E-state index in [-0.39, 0.29) is 0 Å². The summed E-state index contributed by atoms with van der Waals surface area (Å²) in [6, 6.07) is 5.81. The van der Waals surface area contributed by atoms with Gasteiger partial charge < -0.3 is 19.9 Å². The van der Waals surface area contributed by atoms with E-state index in [0.717, 1.165) is 53.4 Å². The van der Waals surface area contributed by atoms with Crippen molar-refractivity contribution in [1.82, 2.24) is 24.8 Å². The molecular weight excluding hydrogens is 354 g/mol. The van der Waals surface area contributed by atoms with Crippen LogP contribution in [-0.2, 0) is 0 Å². The molecular formula is C17H20ClN7O. The Bertz CT molecular complexity index is 1010. The Morgan fingerprint density at radius 1 is 1.38 bits per heavy atom. The summed E-state index contributed by atoms with van der Waals surface area (Å²) in [5, 5.41) is 12.1. The maximum atomic E-state index is 6.26. The van der Waals surface area contributed by atoms with Gasteiger partial charge in [-0.25, -0.2) is 5.10 Å². The van der Waals surface area contributed by atoms with Gasteiger partial charge in [-0.05, 0) is 12.5 Å². The minimum atomic E-state index is 0.693. The maximum Gasteiger partial charge on any atom is 0.218 e. The quantitative estimate of drug-likeness (QED) is 0.433. The Kier molecular flexibility index (Phi) is 4.34. The number of nitrogens with one attached hydrogen (secondary N) is 3. The van der Waals surface area contributed by atoms with Crippen LogP contribution in [0.25, 0.3) is 16.6 Å². The van der Waals surface area contributed by atoms with Crippen LogP contribution in [0.1, 0.15) is 6.42 Å². The number of fused-ring (bicyclic) bond motifs is 2. The van der Waals surface area contributed by atoms with E-state index < -0.39 is 0 Å². The Hall–Kier alpha value is -2.87. The molecule has 0 aliphatic heterocycles. The Balaban J connectivity index is 1.40. The summed E-state index contributed by atoms with van der Waals surface area (Å²) in [6.45, 7) is 1.66. The number of methoxy groups -OCH3 is 1. The van der Waals surface area contributed by atoms with Gasteiger partial charge in [0.1, 0.15) is 5.75 Å². The van der Waals surface area contributed by atoms with Crippen LogP contribution in [0.15, 0.2) is 30.6 Å². The summed E-state index contributed by atoms with van der Waals surface area (Å²) < 4.78 is 7.05. The zero-order chi connectivity index (χ0) is 18.1. The summed E-state index contributed by atoms with van der Waals surface area (Å²) in [5.41, 5.74) is 2.87. The number of benzene rings is 1. The third kappa shape index (κ3) is 3.03. The van der Waals surface area contributed by atoms with E-state index in [1.165, 1.54) is 0 Å². The molecule has 26 heavy (non-hydrogen) atoms. The fraction of sp³-hybridized carbons (Fsp3) is 0.294. The lowest BCUT2D eigenvalue weighted by atomic mass is 10.2. The molecule has 136 valence electrons. The standard InChI is InChI=1S/C17H20ClN7O/c1-24(7-3-5-19-17-22-15-4-6-21-25(15)23-17)14-9-11(26-2)8-12-13(18)10-20-16(12)14/h4,6,8-10,20H,3,5,7H2,1-2H3,(H2,19,22,23). The van der Waals surface area contributed by atoms with Crippen molar-refractivity contribution in [3.8, 4) is 5.75 Å². The highest BCUT2D eigenvalue weighted by Gasteiger charge is 2.12. The molecule has 4 rings (SSSR count). The van der Waals surface area contributed by atoms with Crippen LogP contribution in [0.4, 0.5) is 11.6 Å². The minimum absolute atomic E-state index is 0.693. The van der Waals surface area contributed by atoms with Gasteiger partial charge in [0.05, 0.1) is 29.5 Å².